The lowest BCUT2D eigenvalue weighted by molar-refractivity contribution is 1.33. The molecule has 0 saturated carbocycles. The van der Waals surface area contributed by atoms with E-state index in [0.29, 0.717) is 0 Å². The third-order valence-electron chi connectivity index (χ3n) is 7.13. The number of nitrogens with zero attached hydrogens (tertiary/aromatic N) is 2. The van der Waals surface area contributed by atoms with Crippen LogP contribution >= 0.6 is 11.5 Å². The van der Waals surface area contributed by atoms with Crippen LogP contribution in [0.5, 0.6) is 0 Å². The van der Waals surface area contributed by atoms with Gasteiger partial charge in [0.25, 0.3) is 0 Å². The lowest BCUT2D eigenvalue weighted by atomic mass is 9.98. The summed E-state index contributed by atoms with van der Waals surface area (Å²) in [6.45, 7) is 0. The molecule has 0 spiro atoms. The standard InChI is InChI=1S/C32H20N2S/c1-3-11-21(12-4-1)29-25-20-19-24-23-15-7-8-16-26(23)33-27-17-9-10-18-28(27)35-34(32(25)31(24)33)30(29)22-13-5-2-6-14-22/h1-20H. The van der Waals surface area contributed by atoms with Gasteiger partial charge < -0.3 is 4.40 Å². The van der Waals surface area contributed by atoms with Crippen LogP contribution in [0.3, 0.4) is 0 Å². The van der Waals surface area contributed by atoms with Gasteiger partial charge in [-0.2, -0.15) is 0 Å². The molecule has 0 aliphatic rings. The van der Waals surface area contributed by atoms with Crippen molar-refractivity contribution in [2.24, 2.45) is 0 Å². The van der Waals surface area contributed by atoms with Gasteiger partial charge >= 0.3 is 0 Å². The highest BCUT2D eigenvalue weighted by molar-refractivity contribution is 7.13. The van der Waals surface area contributed by atoms with Crippen LogP contribution in [0.25, 0.3) is 65.3 Å². The third-order valence-corrected chi connectivity index (χ3v) is 8.22. The number of rotatable bonds is 2. The maximum absolute atomic E-state index is 2.48. The van der Waals surface area contributed by atoms with Gasteiger partial charge in [0.05, 0.1) is 32.5 Å². The Labute approximate surface area is 206 Å². The Bertz CT molecular complexity index is 2040. The molecule has 164 valence electrons. The molecule has 35 heavy (non-hydrogen) atoms. The van der Waals surface area contributed by atoms with Gasteiger partial charge in [-0.3, -0.25) is 3.79 Å². The van der Waals surface area contributed by atoms with Crippen molar-refractivity contribution in [1.29, 1.82) is 0 Å². The zero-order valence-electron chi connectivity index (χ0n) is 18.8. The minimum atomic E-state index is 1.23. The van der Waals surface area contributed by atoms with Crippen LogP contribution in [0.1, 0.15) is 0 Å². The number of hydrogen-bond donors (Lipinski definition) is 0. The summed E-state index contributed by atoms with van der Waals surface area (Å²) in [6, 6.07) is 43.9. The predicted octanol–water partition coefficient (Wildman–Crippen LogP) is 9.05. The normalized spacial score (nSPS) is 12.0. The minimum Gasteiger partial charge on any atom is -0.306 e. The molecule has 0 bridgehead atoms. The molecule has 2 nitrogen and oxygen atoms in total. The van der Waals surface area contributed by atoms with Gasteiger partial charge in [0.15, 0.2) is 0 Å². The van der Waals surface area contributed by atoms with Gasteiger partial charge in [-0.05, 0) is 23.8 Å². The largest absolute Gasteiger partial charge is 0.306 e. The zero-order chi connectivity index (χ0) is 22.9. The summed E-state index contributed by atoms with van der Waals surface area (Å²) in [6.07, 6.45) is 0. The number of para-hydroxylation sites is 2. The molecule has 0 fully saturated rings. The molecule has 0 N–H and O–H groups in total. The highest BCUT2D eigenvalue weighted by Gasteiger charge is 2.24. The molecule has 8 aromatic rings. The summed E-state index contributed by atoms with van der Waals surface area (Å²) < 4.78 is 6.21. The zero-order valence-corrected chi connectivity index (χ0v) is 19.7. The molecule has 0 aliphatic heterocycles. The van der Waals surface area contributed by atoms with Crippen LogP contribution in [0.2, 0.25) is 0 Å². The van der Waals surface area contributed by atoms with Gasteiger partial charge in [-0.25, -0.2) is 0 Å². The summed E-state index contributed by atoms with van der Waals surface area (Å²) in [5, 5.41) is 3.87. The first-order chi connectivity index (χ1) is 17.4. The van der Waals surface area contributed by atoms with E-state index in [0.717, 1.165) is 0 Å². The number of fused-ring (bicyclic) bond motifs is 5. The van der Waals surface area contributed by atoms with Crippen molar-refractivity contribution >= 4 is 54.5 Å². The fraction of sp³-hybridized carbons (Fsp3) is 0. The molecule has 3 heterocycles. The van der Waals surface area contributed by atoms with Crippen LogP contribution in [0.4, 0.5) is 0 Å². The maximum Gasteiger partial charge on any atom is 0.0893 e. The fourth-order valence-electron chi connectivity index (χ4n) is 5.70. The molecule has 0 amide bonds. The summed E-state index contributed by atoms with van der Waals surface area (Å²) >= 11 is 1.83. The van der Waals surface area contributed by atoms with Crippen molar-refractivity contribution < 1.29 is 0 Å². The van der Waals surface area contributed by atoms with E-state index in [4.69, 9.17) is 0 Å². The Morgan fingerprint density at radius 1 is 0.457 bits per heavy atom. The Kier molecular flexibility index (Phi) is 3.85. The second-order valence-corrected chi connectivity index (χ2v) is 10.0. The smallest absolute Gasteiger partial charge is 0.0893 e. The lowest BCUT2D eigenvalue weighted by Crippen LogP contribution is -1.86. The van der Waals surface area contributed by atoms with Gasteiger partial charge in [0.2, 0.25) is 0 Å². The van der Waals surface area contributed by atoms with Gasteiger partial charge in [-0.15, -0.1) is 0 Å². The molecular weight excluding hydrogens is 444 g/mol. The summed E-state index contributed by atoms with van der Waals surface area (Å²) in [5.74, 6) is 0. The van der Waals surface area contributed by atoms with Gasteiger partial charge in [-0.1, -0.05) is 115 Å². The van der Waals surface area contributed by atoms with E-state index in [2.05, 4.69) is 130 Å². The minimum absolute atomic E-state index is 1.23. The van der Waals surface area contributed by atoms with Crippen molar-refractivity contribution in [2.45, 2.75) is 0 Å². The van der Waals surface area contributed by atoms with Crippen LogP contribution in [0.15, 0.2) is 121 Å². The Balaban J connectivity index is 1.75. The van der Waals surface area contributed by atoms with Crippen molar-refractivity contribution in [3.05, 3.63) is 121 Å². The van der Waals surface area contributed by atoms with Crippen molar-refractivity contribution in [3.8, 4) is 22.4 Å². The molecule has 0 saturated heterocycles. The predicted molar refractivity (Wildman–Crippen MR) is 150 cm³/mol. The Morgan fingerprint density at radius 3 is 1.89 bits per heavy atom. The van der Waals surface area contributed by atoms with E-state index < -0.39 is 0 Å². The number of aromatic nitrogens is 2. The molecular formula is C32H20N2S. The first kappa shape index (κ1) is 19.0. The molecule has 3 heteroatoms. The van der Waals surface area contributed by atoms with E-state index in [-0.39, 0.29) is 0 Å². The average Bonchev–Trinajstić information content (AvgIpc) is 3.37. The highest BCUT2D eigenvalue weighted by atomic mass is 32.1. The first-order valence-corrected chi connectivity index (χ1v) is 12.7. The third kappa shape index (κ3) is 2.53. The van der Waals surface area contributed by atoms with Crippen molar-refractivity contribution in [3.63, 3.8) is 0 Å². The van der Waals surface area contributed by atoms with Gasteiger partial charge in [0, 0.05) is 27.3 Å². The van der Waals surface area contributed by atoms with Crippen LogP contribution in [0, 0.1) is 0 Å². The molecule has 8 rings (SSSR count). The Morgan fingerprint density at radius 2 is 1.09 bits per heavy atom. The lowest BCUT2D eigenvalue weighted by Gasteiger charge is -2.07. The van der Waals surface area contributed by atoms with Gasteiger partial charge in [0.1, 0.15) is 0 Å². The monoisotopic (exact) mass is 464 g/mol. The SMILES string of the molecule is c1ccc(-c2c(-c3ccccc3)n3sc4ccccc4n4c5ccccc5c5ccc2c3c54)cc1. The van der Waals surface area contributed by atoms with E-state index in [1.807, 2.05) is 11.5 Å². The topological polar surface area (TPSA) is 8.82 Å². The van der Waals surface area contributed by atoms with E-state index >= 15 is 0 Å². The Hall–Kier alpha value is -4.34. The second-order valence-electron chi connectivity index (χ2n) is 9.02. The van der Waals surface area contributed by atoms with Crippen molar-refractivity contribution in [1.82, 2.24) is 8.19 Å². The summed E-state index contributed by atoms with van der Waals surface area (Å²) in [5.41, 5.74) is 10.0. The molecule has 0 aliphatic carbocycles. The number of benzene rings is 5. The van der Waals surface area contributed by atoms with Crippen LogP contribution in [-0.2, 0) is 0 Å². The van der Waals surface area contributed by atoms with Crippen LogP contribution in [-0.4, -0.2) is 8.19 Å². The number of hydrogen-bond acceptors (Lipinski definition) is 1. The van der Waals surface area contributed by atoms with Crippen LogP contribution < -0.4 is 0 Å². The molecule has 5 aromatic carbocycles. The molecule has 0 unspecified atom stereocenters. The second kappa shape index (κ2) is 7.08. The molecule has 0 radical (unpaired) electrons. The van der Waals surface area contributed by atoms with E-state index in [1.165, 1.54) is 65.3 Å². The highest BCUT2D eigenvalue weighted by Crippen LogP contribution is 2.46. The van der Waals surface area contributed by atoms with E-state index in [1.54, 1.807) is 0 Å². The first-order valence-electron chi connectivity index (χ1n) is 11.9. The summed E-state index contributed by atoms with van der Waals surface area (Å²) in [4.78, 5) is 0. The summed E-state index contributed by atoms with van der Waals surface area (Å²) in [7, 11) is 0. The van der Waals surface area contributed by atoms with E-state index in [9.17, 15) is 0 Å². The maximum atomic E-state index is 2.48. The fourth-order valence-corrected chi connectivity index (χ4v) is 6.86. The quantitative estimate of drug-likeness (QED) is 0.241. The van der Waals surface area contributed by atoms with Crippen molar-refractivity contribution in [2.75, 3.05) is 0 Å². The average molecular weight is 465 g/mol. The molecule has 3 aromatic heterocycles. The molecule has 0 atom stereocenters.